The summed E-state index contributed by atoms with van der Waals surface area (Å²) in [4.78, 5) is 25.0. The normalized spacial score (nSPS) is 29.2. The second-order valence-electron chi connectivity index (χ2n) is 5.49. The van der Waals surface area contributed by atoms with Crippen LogP contribution in [-0.4, -0.2) is 46.2 Å². The summed E-state index contributed by atoms with van der Waals surface area (Å²) in [5, 5.41) is 9.67. The maximum absolute atomic E-state index is 12.3. The zero-order valence-corrected chi connectivity index (χ0v) is 10.9. The maximum Gasteiger partial charge on any atom is 0.274 e. The molecule has 0 spiro atoms. The number of aromatic nitrogens is 2. The van der Waals surface area contributed by atoms with Crippen LogP contribution in [0.2, 0.25) is 0 Å². The summed E-state index contributed by atoms with van der Waals surface area (Å²) in [6, 6.07) is 4.16. The molecule has 2 unspecified atom stereocenters. The largest absolute Gasteiger partial charge is 0.337 e. The molecular weight excluding hydrogens is 244 g/mol. The Bertz CT molecular complexity index is 509. The van der Waals surface area contributed by atoms with Crippen molar-refractivity contribution in [2.75, 3.05) is 7.05 Å². The number of nitrogens with zero attached hydrogens (tertiary/aromatic N) is 2. The molecule has 1 amide bonds. The molecule has 1 aromatic heterocycles. The lowest BCUT2D eigenvalue weighted by molar-refractivity contribution is 0.0674. The van der Waals surface area contributed by atoms with Crippen molar-refractivity contribution < 1.29 is 4.79 Å². The highest BCUT2D eigenvalue weighted by Gasteiger charge is 2.36. The molecule has 102 valence electrons. The van der Waals surface area contributed by atoms with Crippen LogP contribution >= 0.6 is 0 Å². The van der Waals surface area contributed by atoms with Crippen LogP contribution in [0.15, 0.2) is 16.9 Å². The van der Waals surface area contributed by atoms with Crippen LogP contribution in [0.25, 0.3) is 0 Å². The number of fused-ring (bicyclic) bond motifs is 2. The van der Waals surface area contributed by atoms with E-state index >= 15 is 0 Å². The smallest absolute Gasteiger partial charge is 0.274 e. The molecule has 2 atom stereocenters. The highest BCUT2D eigenvalue weighted by atomic mass is 16.2. The number of amides is 1. The van der Waals surface area contributed by atoms with E-state index in [0.29, 0.717) is 17.8 Å². The van der Waals surface area contributed by atoms with E-state index in [2.05, 4.69) is 15.5 Å². The van der Waals surface area contributed by atoms with Crippen molar-refractivity contribution in [3.8, 4) is 0 Å². The van der Waals surface area contributed by atoms with Gasteiger partial charge < -0.3 is 10.2 Å². The first kappa shape index (κ1) is 12.3. The molecule has 19 heavy (non-hydrogen) atoms. The first-order valence-corrected chi connectivity index (χ1v) is 6.72. The van der Waals surface area contributed by atoms with Gasteiger partial charge in [0.05, 0.1) is 0 Å². The van der Waals surface area contributed by atoms with Gasteiger partial charge in [-0.25, -0.2) is 5.10 Å². The van der Waals surface area contributed by atoms with E-state index < -0.39 is 0 Å². The third-order valence-corrected chi connectivity index (χ3v) is 4.21. The molecule has 1 aromatic rings. The second kappa shape index (κ2) is 4.77. The van der Waals surface area contributed by atoms with E-state index in [1.54, 1.807) is 4.90 Å². The molecule has 3 heterocycles. The van der Waals surface area contributed by atoms with Gasteiger partial charge in [-0.15, -0.1) is 0 Å². The van der Waals surface area contributed by atoms with Gasteiger partial charge >= 0.3 is 0 Å². The Hall–Kier alpha value is -1.69. The number of H-pyrrole nitrogens is 1. The third-order valence-electron chi connectivity index (χ3n) is 4.21. The average molecular weight is 262 g/mol. The Kier molecular flexibility index (Phi) is 3.10. The van der Waals surface area contributed by atoms with Crippen LogP contribution in [0.4, 0.5) is 0 Å². The first-order chi connectivity index (χ1) is 9.13. The quantitative estimate of drug-likeness (QED) is 0.794. The Labute approximate surface area is 111 Å². The van der Waals surface area contributed by atoms with Gasteiger partial charge in [0.2, 0.25) is 0 Å². The minimum atomic E-state index is -0.292. The van der Waals surface area contributed by atoms with Crippen molar-refractivity contribution >= 4 is 5.91 Å². The highest BCUT2D eigenvalue weighted by molar-refractivity contribution is 5.92. The number of hydrogen-bond donors (Lipinski definition) is 2. The number of hydrogen-bond acceptors (Lipinski definition) is 4. The molecule has 6 nitrogen and oxygen atoms in total. The van der Waals surface area contributed by atoms with Gasteiger partial charge in [0.15, 0.2) is 0 Å². The molecule has 0 aliphatic carbocycles. The number of carbonyl (C=O) groups is 1. The highest BCUT2D eigenvalue weighted by Crippen LogP contribution is 2.29. The first-order valence-electron chi connectivity index (χ1n) is 6.72. The molecule has 2 fully saturated rings. The van der Waals surface area contributed by atoms with Gasteiger partial charge in [0.25, 0.3) is 11.5 Å². The fraction of sp³-hybridized carbons (Fsp3) is 0.615. The summed E-state index contributed by atoms with van der Waals surface area (Å²) < 4.78 is 0. The fourth-order valence-corrected chi connectivity index (χ4v) is 3.15. The van der Waals surface area contributed by atoms with Crippen molar-refractivity contribution in [3.05, 3.63) is 28.2 Å². The maximum atomic E-state index is 12.3. The standard InChI is InChI=1S/C13H18N4O2/c1-17(10-6-8-2-3-9(7-10)14-8)13(19)11-4-5-12(18)16-15-11/h4-5,8-10,14H,2-3,6-7H2,1H3,(H,16,18). The molecule has 3 rings (SSSR count). The van der Waals surface area contributed by atoms with Crippen molar-refractivity contribution in [2.24, 2.45) is 0 Å². The molecular formula is C13H18N4O2. The van der Waals surface area contributed by atoms with Gasteiger partial charge in [-0.1, -0.05) is 0 Å². The zero-order valence-electron chi connectivity index (χ0n) is 10.9. The Balaban J connectivity index is 1.72. The van der Waals surface area contributed by atoms with E-state index in [-0.39, 0.29) is 17.5 Å². The molecule has 2 aliphatic heterocycles. The summed E-state index contributed by atoms with van der Waals surface area (Å²) in [6.07, 6.45) is 4.42. The van der Waals surface area contributed by atoms with Gasteiger partial charge in [0, 0.05) is 31.2 Å². The predicted octanol–water partition coefficient (Wildman–Crippen LogP) is 0.125. The van der Waals surface area contributed by atoms with E-state index in [4.69, 9.17) is 0 Å². The lowest BCUT2D eigenvalue weighted by Gasteiger charge is -2.35. The minimum Gasteiger partial charge on any atom is -0.337 e. The molecule has 0 aromatic carbocycles. The van der Waals surface area contributed by atoms with Crippen LogP contribution in [0.3, 0.4) is 0 Å². The van der Waals surface area contributed by atoms with Crippen LogP contribution in [0.5, 0.6) is 0 Å². The summed E-state index contributed by atoms with van der Waals surface area (Å²) in [5.41, 5.74) is 0.00657. The lowest BCUT2D eigenvalue weighted by atomic mass is 9.98. The lowest BCUT2D eigenvalue weighted by Crippen LogP contribution is -2.48. The van der Waals surface area contributed by atoms with Crippen LogP contribution < -0.4 is 10.9 Å². The topological polar surface area (TPSA) is 78.1 Å². The zero-order chi connectivity index (χ0) is 13.4. The van der Waals surface area contributed by atoms with Crippen LogP contribution in [0, 0.1) is 0 Å². The number of carbonyl (C=O) groups excluding carboxylic acids is 1. The Morgan fingerprint density at radius 1 is 1.32 bits per heavy atom. The van der Waals surface area contributed by atoms with Crippen LogP contribution in [0.1, 0.15) is 36.2 Å². The number of nitrogens with one attached hydrogen (secondary N) is 2. The van der Waals surface area contributed by atoms with Crippen molar-refractivity contribution in [3.63, 3.8) is 0 Å². The number of aromatic amines is 1. The molecule has 2 saturated heterocycles. The summed E-state index contributed by atoms with van der Waals surface area (Å²) in [5.74, 6) is -0.123. The minimum absolute atomic E-state index is 0.123. The number of piperidine rings is 1. The molecule has 6 heteroatoms. The molecule has 0 radical (unpaired) electrons. The number of rotatable bonds is 2. The van der Waals surface area contributed by atoms with E-state index in [0.717, 1.165) is 12.8 Å². The SMILES string of the molecule is CN(C(=O)c1ccc(=O)[nH]n1)C1CC2CCC(C1)N2. The van der Waals surface area contributed by atoms with Crippen LogP contribution in [-0.2, 0) is 0 Å². The van der Waals surface area contributed by atoms with Gasteiger partial charge in [-0.05, 0) is 31.7 Å². The summed E-state index contributed by atoms with van der Waals surface area (Å²) in [6.45, 7) is 0. The van der Waals surface area contributed by atoms with Gasteiger partial charge in [-0.3, -0.25) is 9.59 Å². The summed E-state index contributed by atoms with van der Waals surface area (Å²) in [7, 11) is 1.82. The van der Waals surface area contributed by atoms with Crippen molar-refractivity contribution in [2.45, 2.75) is 43.8 Å². The van der Waals surface area contributed by atoms with Crippen molar-refractivity contribution in [1.82, 2.24) is 20.4 Å². The molecule has 2 bridgehead atoms. The predicted molar refractivity (Wildman–Crippen MR) is 69.9 cm³/mol. The monoisotopic (exact) mass is 262 g/mol. The Morgan fingerprint density at radius 3 is 2.58 bits per heavy atom. The Morgan fingerprint density at radius 2 is 2.00 bits per heavy atom. The molecule has 2 aliphatic rings. The van der Waals surface area contributed by atoms with E-state index in [9.17, 15) is 9.59 Å². The van der Waals surface area contributed by atoms with Crippen molar-refractivity contribution in [1.29, 1.82) is 0 Å². The molecule has 0 saturated carbocycles. The summed E-state index contributed by atoms with van der Waals surface area (Å²) >= 11 is 0. The van der Waals surface area contributed by atoms with E-state index in [1.807, 2.05) is 7.05 Å². The second-order valence-corrected chi connectivity index (χ2v) is 5.49. The van der Waals surface area contributed by atoms with E-state index in [1.165, 1.54) is 25.0 Å². The fourth-order valence-electron chi connectivity index (χ4n) is 3.15. The van der Waals surface area contributed by atoms with Gasteiger partial charge in [-0.2, -0.15) is 5.10 Å². The third kappa shape index (κ3) is 2.40. The average Bonchev–Trinajstić information content (AvgIpc) is 2.76. The molecule has 2 N–H and O–H groups in total. The van der Waals surface area contributed by atoms with Gasteiger partial charge in [0.1, 0.15) is 5.69 Å².